The molecule has 1 aromatic carbocycles. The van der Waals surface area contributed by atoms with E-state index in [4.69, 9.17) is 0 Å². The van der Waals surface area contributed by atoms with Gasteiger partial charge in [0.15, 0.2) is 0 Å². The van der Waals surface area contributed by atoms with Crippen molar-refractivity contribution in [3.8, 4) is 0 Å². The van der Waals surface area contributed by atoms with Crippen LogP contribution < -0.4 is 0 Å². The summed E-state index contributed by atoms with van der Waals surface area (Å²) in [6.07, 6.45) is 0.863. The normalized spacial score (nSPS) is 20.9. The minimum atomic E-state index is -0.366. The summed E-state index contributed by atoms with van der Waals surface area (Å²) in [7, 11) is 0. The number of aliphatic hydroxyl groups excluding tert-OH is 1. The first-order valence-corrected chi connectivity index (χ1v) is 7.38. The summed E-state index contributed by atoms with van der Waals surface area (Å²) in [5, 5.41) is 10.3. The Balaban J connectivity index is 1.94. The van der Waals surface area contributed by atoms with Crippen molar-refractivity contribution in [2.45, 2.75) is 46.1 Å². The largest absolute Gasteiger partial charge is 0.387 e. The molecule has 19 heavy (non-hydrogen) atoms. The van der Waals surface area contributed by atoms with E-state index in [0.29, 0.717) is 11.3 Å². The summed E-state index contributed by atoms with van der Waals surface area (Å²) in [6, 6.07) is 8.41. The lowest BCUT2D eigenvalue weighted by Gasteiger charge is -2.22. The summed E-state index contributed by atoms with van der Waals surface area (Å²) in [5.74, 6) is 0.547. The van der Waals surface area contributed by atoms with Crippen LogP contribution in [-0.4, -0.2) is 29.6 Å². The lowest BCUT2D eigenvalue weighted by Crippen LogP contribution is -2.28. The zero-order valence-electron chi connectivity index (χ0n) is 12.7. The van der Waals surface area contributed by atoms with Gasteiger partial charge in [-0.15, -0.1) is 0 Å². The topological polar surface area (TPSA) is 23.5 Å². The SMILES string of the molecule is CC(C)c1ccc(C(O)CN2CCC(C)(C)C2)cc1. The van der Waals surface area contributed by atoms with Gasteiger partial charge in [-0.25, -0.2) is 0 Å². The van der Waals surface area contributed by atoms with Crippen LogP contribution in [0.3, 0.4) is 0 Å². The maximum absolute atomic E-state index is 10.3. The molecule has 2 nitrogen and oxygen atoms in total. The second kappa shape index (κ2) is 5.64. The molecular weight excluding hydrogens is 234 g/mol. The van der Waals surface area contributed by atoms with E-state index in [1.807, 2.05) is 0 Å². The van der Waals surface area contributed by atoms with Gasteiger partial charge >= 0.3 is 0 Å². The minimum Gasteiger partial charge on any atom is -0.387 e. The van der Waals surface area contributed by atoms with Gasteiger partial charge in [0.2, 0.25) is 0 Å². The van der Waals surface area contributed by atoms with E-state index < -0.39 is 0 Å². The molecule has 1 N–H and O–H groups in total. The number of benzene rings is 1. The molecule has 1 aliphatic heterocycles. The molecule has 106 valence electrons. The maximum Gasteiger partial charge on any atom is 0.0916 e. The van der Waals surface area contributed by atoms with Crippen molar-refractivity contribution in [3.05, 3.63) is 35.4 Å². The van der Waals surface area contributed by atoms with Crippen LogP contribution in [0.15, 0.2) is 24.3 Å². The third-order valence-electron chi connectivity index (χ3n) is 4.18. The quantitative estimate of drug-likeness (QED) is 0.895. The second-order valence-electron chi connectivity index (χ2n) is 6.99. The van der Waals surface area contributed by atoms with Crippen molar-refractivity contribution in [3.63, 3.8) is 0 Å². The van der Waals surface area contributed by atoms with Crippen LogP contribution in [0.2, 0.25) is 0 Å². The number of aliphatic hydroxyl groups is 1. The summed E-state index contributed by atoms with van der Waals surface area (Å²) >= 11 is 0. The number of hydrogen-bond acceptors (Lipinski definition) is 2. The second-order valence-corrected chi connectivity index (χ2v) is 6.99. The Morgan fingerprint density at radius 1 is 1.16 bits per heavy atom. The van der Waals surface area contributed by atoms with E-state index in [2.05, 4.69) is 56.9 Å². The fourth-order valence-corrected chi connectivity index (χ4v) is 2.83. The number of hydrogen-bond donors (Lipinski definition) is 1. The first-order chi connectivity index (χ1) is 8.87. The molecule has 0 aliphatic carbocycles. The predicted octanol–water partition coefficient (Wildman–Crippen LogP) is 3.58. The Morgan fingerprint density at radius 2 is 1.74 bits per heavy atom. The Hall–Kier alpha value is -0.860. The highest BCUT2D eigenvalue weighted by molar-refractivity contribution is 5.26. The minimum absolute atomic E-state index is 0.366. The fraction of sp³-hybridized carbons (Fsp3) is 0.647. The fourth-order valence-electron chi connectivity index (χ4n) is 2.83. The molecule has 1 atom stereocenters. The molecular formula is C17H27NO. The third-order valence-corrected chi connectivity index (χ3v) is 4.18. The molecule has 1 aliphatic rings. The third kappa shape index (κ3) is 3.80. The van der Waals surface area contributed by atoms with Crippen molar-refractivity contribution in [2.24, 2.45) is 5.41 Å². The average molecular weight is 261 g/mol. The van der Waals surface area contributed by atoms with E-state index in [9.17, 15) is 5.11 Å². The van der Waals surface area contributed by atoms with E-state index in [1.54, 1.807) is 0 Å². The number of β-amino-alcohol motifs (C(OH)–C–C–N with tert-alkyl or cyclic N) is 1. The van der Waals surface area contributed by atoms with Gasteiger partial charge in [0.25, 0.3) is 0 Å². The van der Waals surface area contributed by atoms with Gasteiger partial charge in [0.1, 0.15) is 0 Å². The van der Waals surface area contributed by atoms with Gasteiger partial charge in [0.05, 0.1) is 6.10 Å². The molecule has 1 unspecified atom stereocenters. The standard InChI is InChI=1S/C17H27NO/c1-13(2)14-5-7-15(8-6-14)16(19)11-18-10-9-17(3,4)12-18/h5-8,13,16,19H,9-12H2,1-4H3. The van der Waals surface area contributed by atoms with E-state index in [0.717, 1.165) is 25.2 Å². The summed E-state index contributed by atoms with van der Waals surface area (Å²) < 4.78 is 0. The van der Waals surface area contributed by atoms with Crippen LogP contribution in [0.4, 0.5) is 0 Å². The maximum atomic E-state index is 10.3. The number of nitrogens with zero attached hydrogens (tertiary/aromatic N) is 1. The molecule has 1 saturated heterocycles. The monoisotopic (exact) mass is 261 g/mol. The summed E-state index contributed by atoms with van der Waals surface area (Å²) in [6.45, 7) is 11.9. The lowest BCUT2D eigenvalue weighted by molar-refractivity contribution is 0.121. The van der Waals surface area contributed by atoms with Crippen LogP contribution in [-0.2, 0) is 0 Å². The van der Waals surface area contributed by atoms with Crippen LogP contribution in [0.5, 0.6) is 0 Å². The van der Waals surface area contributed by atoms with E-state index >= 15 is 0 Å². The van der Waals surface area contributed by atoms with Gasteiger partial charge in [-0.05, 0) is 35.4 Å². The molecule has 0 radical (unpaired) electrons. The first kappa shape index (κ1) is 14.5. The van der Waals surface area contributed by atoms with Gasteiger partial charge in [-0.1, -0.05) is 52.0 Å². The van der Waals surface area contributed by atoms with Gasteiger partial charge < -0.3 is 5.11 Å². The predicted molar refractivity (Wildman–Crippen MR) is 80.3 cm³/mol. The Labute approximate surface area is 117 Å². The molecule has 0 spiro atoms. The van der Waals surface area contributed by atoms with E-state index in [-0.39, 0.29) is 6.10 Å². The van der Waals surface area contributed by atoms with Crippen molar-refractivity contribution < 1.29 is 5.11 Å². The number of rotatable bonds is 4. The molecule has 1 aromatic rings. The summed E-state index contributed by atoms with van der Waals surface area (Å²) in [4.78, 5) is 2.38. The highest BCUT2D eigenvalue weighted by Crippen LogP contribution is 2.30. The molecule has 0 saturated carbocycles. The molecule has 1 fully saturated rings. The molecule has 1 heterocycles. The van der Waals surface area contributed by atoms with Gasteiger partial charge in [-0.2, -0.15) is 0 Å². The molecule has 2 rings (SSSR count). The lowest BCUT2D eigenvalue weighted by atomic mass is 9.93. The van der Waals surface area contributed by atoms with E-state index in [1.165, 1.54) is 12.0 Å². The molecule has 0 aromatic heterocycles. The van der Waals surface area contributed by atoms with Crippen molar-refractivity contribution in [1.82, 2.24) is 4.90 Å². The molecule has 0 bridgehead atoms. The van der Waals surface area contributed by atoms with Gasteiger partial charge in [-0.3, -0.25) is 4.90 Å². The highest BCUT2D eigenvalue weighted by Gasteiger charge is 2.30. The average Bonchev–Trinajstić information content (AvgIpc) is 2.68. The Bertz CT molecular complexity index is 408. The zero-order chi connectivity index (χ0) is 14.0. The van der Waals surface area contributed by atoms with Crippen molar-refractivity contribution in [2.75, 3.05) is 19.6 Å². The van der Waals surface area contributed by atoms with Crippen LogP contribution in [0, 0.1) is 5.41 Å². The van der Waals surface area contributed by atoms with Crippen LogP contribution in [0.25, 0.3) is 0 Å². The van der Waals surface area contributed by atoms with Crippen molar-refractivity contribution in [1.29, 1.82) is 0 Å². The first-order valence-electron chi connectivity index (χ1n) is 7.38. The summed E-state index contributed by atoms with van der Waals surface area (Å²) in [5.41, 5.74) is 2.77. The van der Waals surface area contributed by atoms with Crippen molar-refractivity contribution >= 4 is 0 Å². The zero-order valence-corrected chi connectivity index (χ0v) is 12.7. The smallest absolute Gasteiger partial charge is 0.0916 e. The number of likely N-dealkylation sites (tertiary alicyclic amines) is 1. The molecule has 2 heteroatoms. The Kier molecular flexibility index (Phi) is 4.32. The van der Waals surface area contributed by atoms with Gasteiger partial charge in [0, 0.05) is 13.1 Å². The molecule has 0 amide bonds. The van der Waals surface area contributed by atoms with Crippen LogP contribution >= 0.6 is 0 Å². The van der Waals surface area contributed by atoms with Crippen LogP contribution in [0.1, 0.15) is 57.3 Å². The Morgan fingerprint density at radius 3 is 2.21 bits per heavy atom. The highest BCUT2D eigenvalue weighted by atomic mass is 16.3.